The predicted octanol–water partition coefficient (Wildman–Crippen LogP) is 2.13. The minimum atomic E-state index is 0.222. The Labute approximate surface area is 83.3 Å². The lowest BCUT2D eigenvalue weighted by molar-refractivity contribution is -0.117. The molecule has 1 N–H and O–H groups in total. The Morgan fingerprint density at radius 2 is 2.29 bits per heavy atom. The Bertz CT molecular complexity index is 411. The molecular weight excluding hydrogens is 174 g/mol. The number of anilines is 1. The summed E-state index contributed by atoms with van der Waals surface area (Å²) in [5, 5.41) is 3.02. The summed E-state index contributed by atoms with van der Waals surface area (Å²) in [5.74, 6) is 1.13. The molecule has 1 aromatic carbocycles. The van der Waals surface area contributed by atoms with E-state index >= 15 is 0 Å². The van der Waals surface area contributed by atoms with Crippen LogP contribution in [-0.4, -0.2) is 5.91 Å². The number of aryl methyl sites for hydroxylation is 1. The molecule has 1 heterocycles. The van der Waals surface area contributed by atoms with Crippen LogP contribution < -0.4 is 5.32 Å². The van der Waals surface area contributed by atoms with Gasteiger partial charge in [0.15, 0.2) is 0 Å². The lowest BCUT2D eigenvalue weighted by Crippen LogP contribution is -2.13. The van der Waals surface area contributed by atoms with Gasteiger partial charge in [0.05, 0.1) is 0 Å². The summed E-state index contributed by atoms with van der Waals surface area (Å²) in [4.78, 5) is 11.6. The molecule has 1 aromatic rings. The number of carbonyl (C=O) groups is 1. The van der Waals surface area contributed by atoms with Crippen LogP contribution in [-0.2, 0) is 11.2 Å². The maximum atomic E-state index is 11.6. The minimum absolute atomic E-state index is 0.222. The molecule has 1 aliphatic heterocycles. The smallest absolute Gasteiger partial charge is 0.227 e. The number of fused-ring (bicyclic) bond motifs is 2. The van der Waals surface area contributed by atoms with E-state index in [9.17, 15) is 4.79 Å². The highest BCUT2D eigenvalue weighted by Gasteiger charge is 2.44. The highest BCUT2D eigenvalue weighted by Crippen LogP contribution is 2.45. The third-order valence-corrected chi connectivity index (χ3v) is 3.26. The van der Waals surface area contributed by atoms with E-state index in [4.69, 9.17) is 0 Å². The molecule has 0 aromatic heterocycles. The molecule has 2 aliphatic rings. The standard InChI is InChI=1S/C12H13NO/c1-7-2-3-8-5-9-6-10(9)12(14)13-11(8)4-7/h2-4,9-10H,5-6H2,1H3,(H,13,14). The van der Waals surface area contributed by atoms with E-state index in [1.165, 1.54) is 11.1 Å². The summed E-state index contributed by atoms with van der Waals surface area (Å²) >= 11 is 0. The molecule has 0 saturated heterocycles. The lowest BCUT2D eigenvalue weighted by atomic mass is 10.0. The first-order chi connectivity index (χ1) is 6.74. The van der Waals surface area contributed by atoms with E-state index in [0.717, 1.165) is 18.5 Å². The highest BCUT2D eigenvalue weighted by atomic mass is 16.2. The molecule has 2 heteroatoms. The van der Waals surface area contributed by atoms with Crippen LogP contribution in [0.25, 0.3) is 0 Å². The normalized spacial score (nSPS) is 28.5. The first kappa shape index (κ1) is 8.04. The van der Waals surface area contributed by atoms with Gasteiger partial charge in [-0.15, -0.1) is 0 Å². The van der Waals surface area contributed by atoms with Crippen molar-refractivity contribution in [1.82, 2.24) is 0 Å². The zero-order chi connectivity index (χ0) is 9.71. The zero-order valence-electron chi connectivity index (χ0n) is 8.21. The Kier molecular flexibility index (Phi) is 1.49. The second-order valence-electron chi connectivity index (χ2n) is 4.46. The summed E-state index contributed by atoms with van der Waals surface area (Å²) in [5.41, 5.74) is 3.54. The van der Waals surface area contributed by atoms with Gasteiger partial charge in [0.25, 0.3) is 0 Å². The summed E-state index contributed by atoms with van der Waals surface area (Å²) < 4.78 is 0. The van der Waals surface area contributed by atoms with Crippen LogP contribution in [0.5, 0.6) is 0 Å². The topological polar surface area (TPSA) is 29.1 Å². The van der Waals surface area contributed by atoms with Crippen LogP contribution in [0.1, 0.15) is 17.5 Å². The Balaban J connectivity index is 2.05. The summed E-state index contributed by atoms with van der Waals surface area (Å²) in [6, 6.07) is 6.33. The molecule has 1 aliphatic carbocycles. The second kappa shape index (κ2) is 2.59. The third kappa shape index (κ3) is 1.14. The fourth-order valence-electron chi connectivity index (χ4n) is 2.29. The third-order valence-electron chi connectivity index (χ3n) is 3.26. The van der Waals surface area contributed by atoms with E-state index in [0.29, 0.717) is 11.8 Å². The van der Waals surface area contributed by atoms with Crippen molar-refractivity contribution < 1.29 is 4.79 Å². The van der Waals surface area contributed by atoms with E-state index < -0.39 is 0 Å². The molecule has 1 amide bonds. The van der Waals surface area contributed by atoms with Crippen molar-refractivity contribution >= 4 is 11.6 Å². The maximum Gasteiger partial charge on any atom is 0.227 e. The molecule has 2 unspecified atom stereocenters. The number of carbonyl (C=O) groups excluding carboxylic acids is 1. The monoisotopic (exact) mass is 187 g/mol. The largest absolute Gasteiger partial charge is 0.326 e. The molecule has 14 heavy (non-hydrogen) atoms. The predicted molar refractivity (Wildman–Crippen MR) is 55.1 cm³/mol. The average molecular weight is 187 g/mol. The Morgan fingerprint density at radius 3 is 3.14 bits per heavy atom. The number of benzene rings is 1. The molecule has 3 rings (SSSR count). The molecule has 0 radical (unpaired) electrons. The van der Waals surface area contributed by atoms with Crippen molar-refractivity contribution in [3.8, 4) is 0 Å². The molecule has 2 nitrogen and oxygen atoms in total. The number of nitrogens with one attached hydrogen (secondary N) is 1. The maximum absolute atomic E-state index is 11.6. The zero-order valence-corrected chi connectivity index (χ0v) is 8.21. The first-order valence-electron chi connectivity index (χ1n) is 5.14. The van der Waals surface area contributed by atoms with Gasteiger partial charge >= 0.3 is 0 Å². The molecular formula is C12H13NO. The van der Waals surface area contributed by atoms with Gasteiger partial charge in [-0.25, -0.2) is 0 Å². The van der Waals surface area contributed by atoms with Crippen molar-refractivity contribution in [1.29, 1.82) is 0 Å². The van der Waals surface area contributed by atoms with Crippen molar-refractivity contribution in [3.05, 3.63) is 29.3 Å². The van der Waals surface area contributed by atoms with Gasteiger partial charge in [-0.05, 0) is 42.9 Å². The first-order valence-corrected chi connectivity index (χ1v) is 5.14. The van der Waals surface area contributed by atoms with E-state index in [1.54, 1.807) is 0 Å². The van der Waals surface area contributed by atoms with Gasteiger partial charge < -0.3 is 5.32 Å². The van der Waals surface area contributed by atoms with Gasteiger partial charge in [0.2, 0.25) is 5.91 Å². The van der Waals surface area contributed by atoms with Crippen molar-refractivity contribution in [2.75, 3.05) is 5.32 Å². The SMILES string of the molecule is Cc1ccc2c(c1)NC(=O)C1CC1C2. The number of amides is 1. The second-order valence-corrected chi connectivity index (χ2v) is 4.46. The van der Waals surface area contributed by atoms with Gasteiger partial charge in [-0.3, -0.25) is 4.79 Å². The van der Waals surface area contributed by atoms with Gasteiger partial charge in [-0.1, -0.05) is 12.1 Å². The van der Waals surface area contributed by atoms with Gasteiger partial charge in [-0.2, -0.15) is 0 Å². The summed E-state index contributed by atoms with van der Waals surface area (Å²) in [6.07, 6.45) is 2.15. The van der Waals surface area contributed by atoms with Crippen molar-refractivity contribution in [2.45, 2.75) is 19.8 Å². The van der Waals surface area contributed by atoms with Gasteiger partial charge in [0, 0.05) is 11.6 Å². The lowest BCUT2D eigenvalue weighted by Gasteiger charge is -2.08. The molecule has 1 fully saturated rings. The molecule has 0 spiro atoms. The van der Waals surface area contributed by atoms with Crippen LogP contribution in [0.2, 0.25) is 0 Å². The minimum Gasteiger partial charge on any atom is -0.326 e. The summed E-state index contributed by atoms with van der Waals surface area (Å²) in [7, 11) is 0. The summed E-state index contributed by atoms with van der Waals surface area (Å²) in [6.45, 7) is 2.05. The fraction of sp³-hybridized carbons (Fsp3) is 0.417. The van der Waals surface area contributed by atoms with Crippen molar-refractivity contribution in [3.63, 3.8) is 0 Å². The van der Waals surface area contributed by atoms with Crippen LogP contribution in [0, 0.1) is 18.8 Å². The van der Waals surface area contributed by atoms with E-state index in [1.807, 2.05) is 0 Å². The number of hydrogen-bond donors (Lipinski definition) is 1. The Hall–Kier alpha value is -1.31. The molecule has 72 valence electrons. The Morgan fingerprint density at radius 1 is 1.43 bits per heavy atom. The highest BCUT2D eigenvalue weighted by molar-refractivity contribution is 5.96. The van der Waals surface area contributed by atoms with Gasteiger partial charge in [0.1, 0.15) is 0 Å². The molecule has 0 bridgehead atoms. The molecule has 2 atom stereocenters. The van der Waals surface area contributed by atoms with Crippen LogP contribution in [0.4, 0.5) is 5.69 Å². The van der Waals surface area contributed by atoms with Crippen LogP contribution >= 0.6 is 0 Å². The molecule has 1 saturated carbocycles. The fourth-order valence-corrected chi connectivity index (χ4v) is 2.29. The number of hydrogen-bond acceptors (Lipinski definition) is 1. The number of rotatable bonds is 0. The van der Waals surface area contributed by atoms with Crippen LogP contribution in [0.15, 0.2) is 18.2 Å². The van der Waals surface area contributed by atoms with E-state index in [-0.39, 0.29) is 5.91 Å². The van der Waals surface area contributed by atoms with E-state index in [2.05, 4.69) is 30.4 Å². The quantitative estimate of drug-likeness (QED) is 0.662. The average Bonchev–Trinajstić information content (AvgIpc) is 2.88. The van der Waals surface area contributed by atoms with Crippen molar-refractivity contribution in [2.24, 2.45) is 11.8 Å². The van der Waals surface area contributed by atoms with Crippen LogP contribution in [0.3, 0.4) is 0 Å².